The fourth-order valence-electron chi connectivity index (χ4n) is 3.50. The maximum atomic E-state index is 11.9. The number of aromatic nitrogens is 2. The fourth-order valence-corrected chi connectivity index (χ4v) is 3.75. The molecular weight excluding hydrogens is 362 g/mol. The first-order valence-electron chi connectivity index (χ1n) is 9.24. The molecule has 1 atom stereocenters. The molecule has 0 aliphatic carbocycles. The second-order valence-electron chi connectivity index (χ2n) is 6.54. The summed E-state index contributed by atoms with van der Waals surface area (Å²) >= 11 is 6.57. The standard InChI is InChI=1S/C21H24ClN3O2/c1-5-9-18-19(13(3)27-6-2)20(15-10-7-8-11-17(15)22)16-12-25(14(4)26)24-21(16)23-18/h7-8,10-12,20H,5-6,9H2,1-4H3. The number of hydrogen-bond acceptors (Lipinski definition) is 4. The van der Waals surface area contributed by atoms with Crippen molar-refractivity contribution in [3.05, 3.63) is 57.9 Å². The molecule has 5 nitrogen and oxygen atoms in total. The van der Waals surface area contributed by atoms with E-state index in [2.05, 4.69) is 12.0 Å². The molecule has 2 aromatic rings. The van der Waals surface area contributed by atoms with Gasteiger partial charge >= 0.3 is 0 Å². The van der Waals surface area contributed by atoms with Crippen molar-refractivity contribution in [2.24, 2.45) is 4.99 Å². The highest BCUT2D eigenvalue weighted by atomic mass is 35.5. The number of rotatable bonds is 5. The molecule has 1 aromatic heterocycles. The molecule has 142 valence electrons. The Balaban J connectivity index is 2.30. The Morgan fingerprint density at radius 1 is 1.22 bits per heavy atom. The zero-order chi connectivity index (χ0) is 19.6. The SMILES string of the molecule is CCCC1=Nc2nn(C(C)=O)cc2C(c2ccccc2Cl)C1=C(C)OCC. The third-order valence-corrected chi connectivity index (χ3v) is 4.98. The van der Waals surface area contributed by atoms with E-state index in [0.717, 1.165) is 41.0 Å². The smallest absolute Gasteiger partial charge is 0.243 e. The van der Waals surface area contributed by atoms with E-state index in [-0.39, 0.29) is 11.8 Å². The molecule has 0 saturated heterocycles. The van der Waals surface area contributed by atoms with Gasteiger partial charge in [0.15, 0.2) is 5.82 Å². The number of benzene rings is 1. The van der Waals surface area contributed by atoms with Crippen LogP contribution in [0.2, 0.25) is 5.02 Å². The maximum Gasteiger partial charge on any atom is 0.243 e. The van der Waals surface area contributed by atoms with Crippen molar-refractivity contribution in [2.45, 2.75) is 46.5 Å². The van der Waals surface area contributed by atoms with Gasteiger partial charge in [-0.25, -0.2) is 9.67 Å². The van der Waals surface area contributed by atoms with E-state index in [4.69, 9.17) is 21.3 Å². The lowest BCUT2D eigenvalue weighted by Crippen LogP contribution is -2.19. The van der Waals surface area contributed by atoms with Gasteiger partial charge in [-0.3, -0.25) is 4.79 Å². The van der Waals surface area contributed by atoms with Crippen LogP contribution < -0.4 is 0 Å². The van der Waals surface area contributed by atoms with Gasteiger partial charge in [0, 0.05) is 35.2 Å². The molecule has 0 N–H and O–H groups in total. The molecule has 1 unspecified atom stereocenters. The summed E-state index contributed by atoms with van der Waals surface area (Å²) in [6, 6.07) is 7.77. The van der Waals surface area contributed by atoms with Crippen LogP contribution in [0.5, 0.6) is 0 Å². The van der Waals surface area contributed by atoms with Crippen molar-refractivity contribution in [3.8, 4) is 0 Å². The van der Waals surface area contributed by atoms with Crippen molar-refractivity contribution in [3.63, 3.8) is 0 Å². The van der Waals surface area contributed by atoms with Gasteiger partial charge in [-0.05, 0) is 31.9 Å². The fraction of sp³-hybridized carbons (Fsp3) is 0.381. The van der Waals surface area contributed by atoms with Gasteiger partial charge in [0.25, 0.3) is 0 Å². The van der Waals surface area contributed by atoms with E-state index in [1.807, 2.05) is 38.1 Å². The first-order valence-corrected chi connectivity index (χ1v) is 9.62. The van der Waals surface area contributed by atoms with Crippen molar-refractivity contribution in [1.29, 1.82) is 0 Å². The number of nitrogens with zero attached hydrogens (tertiary/aromatic N) is 3. The Morgan fingerprint density at radius 3 is 2.59 bits per heavy atom. The van der Waals surface area contributed by atoms with Crippen molar-refractivity contribution < 1.29 is 9.53 Å². The highest BCUT2D eigenvalue weighted by Crippen LogP contribution is 2.45. The number of fused-ring (bicyclic) bond motifs is 1. The molecule has 0 bridgehead atoms. The molecule has 1 aromatic carbocycles. The number of halogens is 1. The van der Waals surface area contributed by atoms with Gasteiger partial charge in [-0.1, -0.05) is 43.1 Å². The molecule has 3 rings (SSSR count). The molecule has 0 fully saturated rings. The van der Waals surface area contributed by atoms with Crippen LogP contribution in [-0.4, -0.2) is 28.0 Å². The van der Waals surface area contributed by atoms with E-state index in [1.54, 1.807) is 6.20 Å². The molecule has 27 heavy (non-hydrogen) atoms. The van der Waals surface area contributed by atoms with E-state index < -0.39 is 0 Å². The van der Waals surface area contributed by atoms with Gasteiger partial charge < -0.3 is 4.74 Å². The minimum atomic E-state index is -0.174. The highest BCUT2D eigenvalue weighted by molar-refractivity contribution is 6.31. The Morgan fingerprint density at radius 2 is 1.96 bits per heavy atom. The lowest BCUT2D eigenvalue weighted by molar-refractivity contribution is 0.0921. The Bertz CT molecular complexity index is 927. The second-order valence-corrected chi connectivity index (χ2v) is 6.94. The van der Waals surface area contributed by atoms with E-state index in [9.17, 15) is 4.79 Å². The van der Waals surface area contributed by atoms with E-state index >= 15 is 0 Å². The van der Waals surface area contributed by atoms with Crippen molar-refractivity contribution >= 4 is 29.0 Å². The molecule has 2 heterocycles. The first-order chi connectivity index (χ1) is 13.0. The van der Waals surface area contributed by atoms with Crippen molar-refractivity contribution in [2.75, 3.05) is 6.61 Å². The molecule has 6 heteroatoms. The summed E-state index contributed by atoms with van der Waals surface area (Å²) in [6.45, 7) is 8.11. The topological polar surface area (TPSA) is 56.5 Å². The third-order valence-electron chi connectivity index (χ3n) is 4.64. The Kier molecular flexibility index (Phi) is 5.80. The number of hydrogen-bond donors (Lipinski definition) is 0. The predicted molar refractivity (Wildman–Crippen MR) is 108 cm³/mol. The van der Waals surface area contributed by atoms with Crippen LogP contribution in [0.3, 0.4) is 0 Å². The summed E-state index contributed by atoms with van der Waals surface area (Å²) < 4.78 is 7.23. The second kappa shape index (κ2) is 8.09. The van der Waals surface area contributed by atoms with Crippen LogP contribution in [0, 0.1) is 0 Å². The Hall–Kier alpha value is -2.40. The van der Waals surface area contributed by atoms with Crippen molar-refractivity contribution in [1.82, 2.24) is 9.78 Å². The van der Waals surface area contributed by atoms with Gasteiger partial charge in [0.05, 0.1) is 18.1 Å². The molecular formula is C21H24ClN3O2. The largest absolute Gasteiger partial charge is 0.498 e. The van der Waals surface area contributed by atoms with Crippen LogP contribution in [0.25, 0.3) is 0 Å². The minimum absolute atomic E-state index is 0.151. The monoisotopic (exact) mass is 385 g/mol. The van der Waals surface area contributed by atoms with Gasteiger partial charge in [-0.15, -0.1) is 5.10 Å². The first kappa shape index (κ1) is 19.4. The molecule has 0 amide bonds. The summed E-state index contributed by atoms with van der Waals surface area (Å²) in [5.74, 6) is 1.08. The van der Waals surface area contributed by atoms with Crippen LogP contribution in [-0.2, 0) is 4.74 Å². The predicted octanol–water partition coefficient (Wildman–Crippen LogP) is 5.53. The minimum Gasteiger partial charge on any atom is -0.498 e. The summed E-state index contributed by atoms with van der Waals surface area (Å²) in [6.07, 6.45) is 3.50. The molecule has 0 spiro atoms. The van der Waals surface area contributed by atoms with Gasteiger partial charge in [0.2, 0.25) is 5.91 Å². The molecule has 0 radical (unpaired) electrons. The quantitative estimate of drug-likeness (QED) is 0.636. The lowest BCUT2D eigenvalue weighted by Gasteiger charge is -2.28. The number of allylic oxidation sites excluding steroid dienone is 2. The normalized spacial score (nSPS) is 18.0. The van der Waals surface area contributed by atoms with Crippen LogP contribution in [0.15, 0.2) is 46.8 Å². The molecule has 1 aliphatic heterocycles. The third kappa shape index (κ3) is 3.69. The summed E-state index contributed by atoms with van der Waals surface area (Å²) in [5.41, 5.74) is 3.78. The van der Waals surface area contributed by atoms with E-state index in [1.165, 1.54) is 11.6 Å². The summed E-state index contributed by atoms with van der Waals surface area (Å²) in [7, 11) is 0. The number of aliphatic imine (C=N–C) groups is 1. The lowest BCUT2D eigenvalue weighted by atomic mass is 9.80. The number of ether oxygens (including phenoxy) is 1. The Labute approximate surface area is 164 Å². The molecule has 0 saturated carbocycles. The van der Waals surface area contributed by atoms with Gasteiger partial charge in [-0.2, -0.15) is 0 Å². The number of carbonyl (C=O) groups is 1. The van der Waals surface area contributed by atoms with Gasteiger partial charge in [0.1, 0.15) is 0 Å². The van der Waals surface area contributed by atoms with Crippen LogP contribution >= 0.6 is 11.6 Å². The maximum absolute atomic E-state index is 11.9. The molecule has 1 aliphatic rings. The average Bonchev–Trinajstić information content (AvgIpc) is 3.06. The highest BCUT2D eigenvalue weighted by Gasteiger charge is 2.34. The van der Waals surface area contributed by atoms with Crippen LogP contribution in [0.4, 0.5) is 5.82 Å². The number of carbonyl (C=O) groups excluding carboxylic acids is 1. The summed E-state index contributed by atoms with van der Waals surface area (Å²) in [5, 5.41) is 5.07. The zero-order valence-electron chi connectivity index (χ0n) is 16.1. The average molecular weight is 386 g/mol. The summed E-state index contributed by atoms with van der Waals surface area (Å²) in [4.78, 5) is 16.7. The van der Waals surface area contributed by atoms with E-state index in [0.29, 0.717) is 17.4 Å². The zero-order valence-corrected chi connectivity index (χ0v) is 16.9. The van der Waals surface area contributed by atoms with Crippen LogP contribution in [0.1, 0.15) is 62.4 Å².